The monoisotopic (exact) mass is 252 g/mol. The third-order valence-corrected chi connectivity index (χ3v) is 2.72. The lowest BCUT2D eigenvalue weighted by Gasteiger charge is -2.15. The average molecular weight is 252 g/mol. The standard InChI is InChI=1S/C9H11F3N2OS/c1-8(2,13)3-5(15)6-4-14-7(16-6)9(10,11)12/h4H,3,13H2,1-2H3. The minimum Gasteiger partial charge on any atom is -0.325 e. The number of hydrogen-bond donors (Lipinski definition) is 1. The first-order chi connectivity index (χ1) is 7.09. The van der Waals surface area contributed by atoms with Crippen molar-refractivity contribution in [3.8, 4) is 0 Å². The van der Waals surface area contributed by atoms with Crippen LogP contribution in [0, 0.1) is 0 Å². The van der Waals surface area contributed by atoms with Gasteiger partial charge in [0.1, 0.15) is 0 Å². The van der Waals surface area contributed by atoms with E-state index in [1.807, 2.05) is 0 Å². The van der Waals surface area contributed by atoms with E-state index in [-0.39, 0.29) is 11.3 Å². The molecule has 90 valence electrons. The molecule has 1 aromatic heterocycles. The highest BCUT2D eigenvalue weighted by molar-refractivity contribution is 7.13. The molecule has 0 aromatic carbocycles. The van der Waals surface area contributed by atoms with E-state index in [1.165, 1.54) is 0 Å². The number of thiazole rings is 1. The predicted molar refractivity (Wildman–Crippen MR) is 54.3 cm³/mol. The van der Waals surface area contributed by atoms with Crippen molar-refractivity contribution in [1.82, 2.24) is 4.98 Å². The van der Waals surface area contributed by atoms with Gasteiger partial charge in [-0.3, -0.25) is 4.79 Å². The highest BCUT2D eigenvalue weighted by Gasteiger charge is 2.35. The summed E-state index contributed by atoms with van der Waals surface area (Å²) in [5.41, 5.74) is 4.87. The molecular formula is C9H11F3N2OS. The average Bonchev–Trinajstić information content (AvgIpc) is 2.46. The van der Waals surface area contributed by atoms with E-state index < -0.39 is 22.5 Å². The maximum Gasteiger partial charge on any atom is 0.443 e. The molecule has 0 aliphatic heterocycles. The van der Waals surface area contributed by atoms with E-state index in [0.717, 1.165) is 6.20 Å². The summed E-state index contributed by atoms with van der Waals surface area (Å²) in [6.45, 7) is 3.27. The van der Waals surface area contributed by atoms with Crippen LogP contribution in [0.4, 0.5) is 13.2 Å². The number of carbonyl (C=O) groups excluding carboxylic acids is 1. The number of carbonyl (C=O) groups is 1. The summed E-state index contributed by atoms with van der Waals surface area (Å²) < 4.78 is 36.6. The summed E-state index contributed by atoms with van der Waals surface area (Å²) in [6, 6.07) is 0. The molecule has 0 aliphatic carbocycles. The van der Waals surface area contributed by atoms with Crippen molar-refractivity contribution in [3.63, 3.8) is 0 Å². The lowest BCUT2D eigenvalue weighted by atomic mass is 9.99. The van der Waals surface area contributed by atoms with Crippen LogP contribution < -0.4 is 5.73 Å². The van der Waals surface area contributed by atoms with Crippen molar-refractivity contribution >= 4 is 17.1 Å². The molecule has 0 aliphatic rings. The fourth-order valence-electron chi connectivity index (χ4n) is 1.04. The van der Waals surface area contributed by atoms with Crippen molar-refractivity contribution in [2.75, 3.05) is 0 Å². The maximum atomic E-state index is 12.2. The molecule has 16 heavy (non-hydrogen) atoms. The molecule has 0 atom stereocenters. The minimum absolute atomic E-state index is 0.00745. The van der Waals surface area contributed by atoms with Crippen molar-refractivity contribution in [3.05, 3.63) is 16.1 Å². The van der Waals surface area contributed by atoms with E-state index in [2.05, 4.69) is 4.98 Å². The first-order valence-electron chi connectivity index (χ1n) is 4.45. The Morgan fingerprint density at radius 2 is 2.06 bits per heavy atom. The van der Waals surface area contributed by atoms with Crippen LogP contribution >= 0.6 is 11.3 Å². The number of aromatic nitrogens is 1. The van der Waals surface area contributed by atoms with E-state index >= 15 is 0 Å². The van der Waals surface area contributed by atoms with Crippen molar-refractivity contribution < 1.29 is 18.0 Å². The van der Waals surface area contributed by atoms with Crippen LogP contribution in [0.15, 0.2) is 6.20 Å². The van der Waals surface area contributed by atoms with Gasteiger partial charge in [0.15, 0.2) is 10.8 Å². The van der Waals surface area contributed by atoms with Crippen LogP contribution in [-0.2, 0) is 6.18 Å². The molecule has 1 rings (SSSR count). The van der Waals surface area contributed by atoms with Gasteiger partial charge in [-0.05, 0) is 13.8 Å². The highest BCUT2D eigenvalue weighted by Crippen LogP contribution is 2.32. The molecule has 0 fully saturated rings. The Bertz CT molecular complexity index is 392. The summed E-state index contributed by atoms with van der Waals surface area (Å²) >= 11 is 0.347. The van der Waals surface area contributed by atoms with Gasteiger partial charge in [0, 0.05) is 18.2 Å². The number of nitrogens with two attached hydrogens (primary N) is 1. The van der Waals surface area contributed by atoms with Crippen LogP contribution in [0.3, 0.4) is 0 Å². The molecule has 1 aromatic rings. The molecule has 0 bridgehead atoms. The van der Waals surface area contributed by atoms with Gasteiger partial charge >= 0.3 is 6.18 Å². The molecule has 7 heteroatoms. The number of rotatable bonds is 3. The molecule has 0 radical (unpaired) electrons. The number of nitrogens with zero attached hydrogens (tertiary/aromatic N) is 1. The highest BCUT2D eigenvalue weighted by atomic mass is 32.1. The second-order valence-corrected chi connectivity index (χ2v) is 5.15. The van der Waals surface area contributed by atoms with Gasteiger partial charge in [0.05, 0.1) is 4.88 Å². The Morgan fingerprint density at radius 3 is 2.44 bits per heavy atom. The van der Waals surface area contributed by atoms with Crippen molar-refractivity contribution in [2.45, 2.75) is 32.0 Å². The number of Topliss-reactive ketones (excluding diaryl/α,β-unsaturated/α-hetero) is 1. The van der Waals surface area contributed by atoms with Crippen molar-refractivity contribution in [2.24, 2.45) is 5.73 Å². The van der Waals surface area contributed by atoms with Crippen molar-refractivity contribution in [1.29, 1.82) is 0 Å². The molecule has 0 amide bonds. The number of ketones is 1. The third-order valence-electron chi connectivity index (χ3n) is 1.64. The Morgan fingerprint density at radius 1 is 1.50 bits per heavy atom. The second kappa shape index (κ2) is 4.14. The van der Waals surface area contributed by atoms with E-state index in [4.69, 9.17) is 5.73 Å². The lowest BCUT2D eigenvalue weighted by molar-refractivity contribution is -0.137. The Kier molecular flexibility index (Phi) is 3.39. The van der Waals surface area contributed by atoms with E-state index in [1.54, 1.807) is 13.8 Å². The first-order valence-corrected chi connectivity index (χ1v) is 5.26. The zero-order chi connectivity index (χ0) is 12.6. The topological polar surface area (TPSA) is 56.0 Å². The Balaban J connectivity index is 2.83. The molecule has 0 spiro atoms. The summed E-state index contributed by atoms with van der Waals surface area (Å²) in [6.07, 6.45) is -3.56. The summed E-state index contributed by atoms with van der Waals surface area (Å²) in [5, 5.41) is -1.01. The molecule has 0 unspecified atom stereocenters. The third kappa shape index (κ3) is 3.57. The smallest absolute Gasteiger partial charge is 0.325 e. The number of alkyl halides is 3. The fraction of sp³-hybridized carbons (Fsp3) is 0.556. The number of hydrogen-bond acceptors (Lipinski definition) is 4. The Labute approximate surface area is 94.5 Å². The molecule has 0 saturated carbocycles. The second-order valence-electron chi connectivity index (χ2n) is 4.12. The zero-order valence-corrected chi connectivity index (χ0v) is 9.58. The normalized spacial score (nSPS) is 12.9. The number of halogens is 3. The fourth-order valence-corrected chi connectivity index (χ4v) is 1.76. The van der Waals surface area contributed by atoms with Crippen LogP contribution in [-0.4, -0.2) is 16.3 Å². The van der Waals surface area contributed by atoms with Gasteiger partial charge in [-0.1, -0.05) is 0 Å². The van der Waals surface area contributed by atoms with Crippen LogP contribution in [0.1, 0.15) is 34.9 Å². The maximum absolute atomic E-state index is 12.2. The largest absolute Gasteiger partial charge is 0.443 e. The van der Waals surface area contributed by atoms with Gasteiger partial charge < -0.3 is 5.73 Å². The molecule has 2 N–H and O–H groups in total. The Hall–Kier alpha value is -0.950. The van der Waals surface area contributed by atoms with Crippen LogP contribution in [0.5, 0.6) is 0 Å². The summed E-state index contributed by atoms with van der Waals surface area (Å²) in [5.74, 6) is -0.416. The molecular weight excluding hydrogens is 241 g/mol. The predicted octanol–water partition coefficient (Wildman–Crippen LogP) is 2.47. The van der Waals surface area contributed by atoms with Gasteiger partial charge in [0.2, 0.25) is 0 Å². The van der Waals surface area contributed by atoms with Gasteiger partial charge in [-0.25, -0.2) is 4.98 Å². The summed E-state index contributed by atoms with van der Waals surface area (Å²) in [4.78, 5) is 14.7. The van der Waals surface area contributed by atoms with E-state index in [9.17, 15) is 18.0 Å². The van der Waals surface area contributed by atoms with Gasteiger partial charge in [-0.15, -0.1) is 11.3 Å². The first kappa shape index (κ1) is 13.1. The quantitative estimate of drug-likeness (QED) is 0.841. The van der Waals surface area contributed by atoms with Crippen LogP contribution in [0.2, 0.25) is 0 Å². The zero-order valence-electron chi connectivity index (χ0n) is 8.76. The van der Waals surface area contributed by atoms with Gasteiger partial charge in [-0.2, -0.15) is 13.2 Å². The lowest BCUT2D eigenvalue weighted by Crippen LogP contribution is -2.34. The summed E-state index contributed by atoms with van der Waals surface area (Å²) in [7, 11) is 0. The molecule has 1 heterocycles. The van der Waals surface area contributed by atoms with E-state index in [0.29, 0.717) is 11.3 Å². The van der Waals surface area contributed by atoms with Crippen LogP contribution in [0.25, 0.3) is 0 Å². The molecule has 0 saturated heterocycles. The minimum atomic E-state index is -4.50. The molecule has 3 nitrogen and oxygen atoms in total. The SMILES string of the molecule is CC(C)(N)CC(=O)c1cnc(C(F)(F)F)s1. The van der Waals surface area contributed by atoms with Gasteiger partial charge in [0.25, 0.3) is 0 Å².